The van der Waals surface area contributed by atoms with Gasteiger partial charge in [0.2, 0.25) is 0 Å². The van der Waals surface area contributed by atoms with Crippen LogP contribution in [0.4, 0.5) is 0 Å². The van der Waals surface area contributed by atoms with E-state index >= 15 is 0 Å². The van der Waals surface area contributed by atoms with Gasteiger partial charge in [0.25, 0.3) is 0 Å². The Morgan fingerprint density at radius 1 is 1.30 bits per heavy atom. The van der Waals surface area contributed by atoms with Gasteiger partial charge in [0, 0.05) is 24.7 Å². The van der Waals surface area contributed by atoms with Crippen LogP contribution in [0.5, 0.6) is 0 Å². The highest BCUT2D eigenvalue weighted by Gasteiger charge is 2.13. The van der Waals surface area contributed by atoms with Crippen LogP contribution < -0.4 is 5.43 Å². The molecule has 0 amide bonds. The maximum absolute atomic E-state index is 11.8. The second kappa shape index (κ2) is 4.61. The van der Waals surface area contributed by atoms with Crippen molar-refractivity contribution in [3.05, 3.63) is 52.6 Å². The molecule has 3 aromatic heterocycles. The van der Waals surface area contributed by atoms with Gasteiger partial charge in [-0.15, -0.1) is 10.2 Å². The molecule has 0 unspecified atom stereocenters. The van der Waals surface area contributed by atoms with Crippen LogP contribution in [0.1, 0.15) is 10.4 Å². The summed E-state index contributed by atoms with van der Waals surface area (Å²) < 4.78 is 6.25. The van der Waals surface area contributed by atoms with E-state index in [2.05, 4.69) is 19.9 Å². The van der Waals surface area contributed by atoms with Crippen molar-refractivity contribution in [1.29, 1.82) is 0 Å². The summed E-state index contributed by atoms with van der Waals surface area (Å²) in [5, 5.41) is 7.96. The van der Waals surface area contributed by atoms with Crippen LogP contribution in [0.15, 0.2) is 41.6 Å². The molecule has 0 aromatic carbocycles. The monoisotopic (exact) mass is 270 g/mol. The molecule has 0 bridgehead atoms. The fourth-order valence-corrected chi connectivity index (χ4v) is 1.90. The molecule has 0 fully saturated rings. The molecule has 7 nitrogen and oxygen atoms in total. The van der Waals surface area contributed by atoms with E-state index in [9.17, 15) is 9.59 Å². The number of hydrogen-bond acceptors (Lipinski definition) is 5. The predicted molar refractivity (Wildman–Crippen MR) is 70.4 cm³/mol. The lowest BCUT2D eigenvalue weighted by atomic mass is 10.2. The molecule has 1 N–H and O–H groups in total. The zero-order valence-corrected chi connectivity index (χ0v) is 10.5. The Hall–Kier alpha value is -2.96. The van der Waals surface area contributed by atoms with Gasteiger partial charge in [-0.2, -0.15) is 0 Å². The third kappa shape index (κ3) is 1.85. The number of carbonyl (C=O) groups is 1. The number of esters is 1. The van der Waals surface area contributed by atoms with Crippen molar-refractivity contribution >= 4 is 11.6 Å². The topological polar surface area (TPSA) is 89.3 Å². The average molecular weight is 270 g/mol. The van der Waals surface area contributed by atoms with Crippen molar-refractivity contribution in [1.82, 2.24) is 19.6 Å². The minimum Gasteiger partial charge on any atom is -0.465 e. The molecule has 3 aromatic rings. The van der Waals surface area contributed by atoms with Gasteiger partial charge in [-0.3, -0.25) is 9.20 Å². The van der Waals surface area contributed by atoms with Crippen molar-refractivity contribution in [2.24, 2.45) is 0 Å². The Balaban J connectivity index is 2.25. The van der Waals surface area contributed by atoms with E-state index in [4.69, 9.17) is 0 Å². The number of nitrogens with one attached hydrogen (secondary N) is 1. The van der Waals surface area contributed by atoms with Crippen LogP contribution in [0.3, 0.4) is 0 Å². The summed E-state index contributed by atoms with van der Waals surface area (Å²) in [7, 11) is 1.31. The lowest BCUT2D eigenvalue weighted by molar-refractivity contribution is 0.0600. The van der Waals surface area contributed by atoms with Gasteiger partial charge < -0.3 is 9.72 Å². The van der Waals surface area contributed by atoms with Crippen molar-refractivity contribution in [3.63, 3.8) is 0 Å². The fourth-order valence-electron chi connectivity index (χ4n) is 1.90. The first-order chi connectivity index (χ1) is 9.70. The summed E-state index contributed by atoms with van der Waals surface area (Å²) in [5.41, 5.74) is 1.09. The first-order valence-electron chi connectivity index (χ1n) is 5.81. The van der Waals surface area contributed by atoms with Crippen LogP contribution in [0.25, 0.3) is 17.0 Å². The SMILES string of the molecule is COC(=O)c1ccc2nnc(-c3c[nH]ccc3=O)n2c1. The van der Waals surface area contributed by atoms with E-state index in [1.54, 1.807) is 28.9 Å². The lowest BCUT2D eigenvalue weighted by Gasteiger charge is -2.02. The molecule has 0 aliphatic carbocycles. The maximum Gasteiger partial charge on any atom is 0.339 e. The molecule has 0 aliphatic heterocycles. The molecule has 100 valence electrons. The second-order valence-electron chi connectivity index (χ2n) is 4.08. The van der Waals surface area contributed by atoms with Gasteiger partial charge >= 0.3 is 5.97 Å². The molecule has 0 spiro atoms. The lowest BCUT2D eigenvalue weighted by Crippen LogP contribution is -2.07. The number of nitrogens with zero attached hydrogens (tertiary/aromatic N) is 3. The van der Waals surface area contributed by atoms with Crippen LogP contribution in [-0.2, 0) is 4.74 Å². The minimum absolute atomic E-state index is 0.179. The second-order valence-corrected chi connectivity index (χ2v) is 4.08. The molecule has 3 heterocycles. The third-order valence-corrected chi connectivity index (χ3v) is 2.89. The van der Waals surface area contributed by atoms with Crippen molar-refractivity contribution < 1.29 is 9.53 Å². The van der Waals surface area contributed by atoms with Crippen LogP contribution in [-0.4, -0.2) is 32.7 Å². The number of pyridine rings is 2. The summed E-state index contributed by atoms with van der Waals surface area (Å²) in [6.45, 7) is 0. The molecule has 3 rings (SSSR count). The highest BCUT2D eigenvalue weighted by Crippen LogP contribution is 2.15. The van der Waals surface area contributed by atoms with Gasteiger partial charge in [-0.05, 0) is 12.1 Å². The smallest absolute Gasteiger partial charge is 0.339 e. The highest BCUT2D eigenvalue weighted by atomic mass is 16.5. The first kappa shape index (κ1) is 12.1. The molecular formula is C13H10N4O3. The van der Waals surface area contributed by atoms with Crippen LogP contribution in [0, 0.1) is 0 Å². The minimum atomic E-state index is -0.464. The molecular weight excluding hydrogens is 260 g/mol. The average Bonchev–Trinajstić information content (AvgIpc) is 2.90. The maximum atomic E-state index is 11.8. The zero-order chi connectivity index (χ0) is 14.1. The number of ether oxygens (including phenoxy) is 1. The van der Waals surface area contributed by atoms with Crippen LogP contribution >= 0.6 is 0 Å². The van der Waals surface area contributed by atoms with Gasteiger partial charge in [0.05, 0.1) is 18.2 Å². The molecule has 0 radical (unpaired) electrons. The number of carbonyl (C=O) groups excluding carboxylic acids is 1. The predicted octanol–water partition coefficient (Wildman–Crippen LogP) is 0.871. The zero-order valence-electron chi connectivity index (χ0n) is 10.5. The van der Waals surface area contributed by atoms with Crippen molar-refractivity contribution in [2.45, 2.75) is 0 Å². The number of methoxy groups -OCH3 is 1. The molecule has 0 atom stereocenters. The molecule has 0 saturated heterocycles. The largest absolute Gasteiger partial charge is 0.465 e. The van der Waals surface area contributed by atoms with E-state index < -0.39 is 5.97 Å². The standard InChI is InChI=1S/C13H10N4O3/c1-20-13(19)8-2-3-11-15-16-12(17(11)7-8)9-6-14-5-4-10(9)18/h2-7H,1H3,(H,14,18). The van der Waals surface area contributed by atoms with Crippen molar-refractivity contribution in [3.8, 4) is 11.4 Å². The summed E-state index contributed by atoms with van der Waals surface area (Å²) in [5.74, 6) is -0.0962. The Morgan fingerprint density at radius 3 is 2.90 bits per heavy atom. The third-order valence-electron chi connectivity index (χ3n) is 2.89. The Kier molecular flexibility index (Phi) is 2.79. The van der Waals surface area contributed by atoms with E-state index in [0.29, 0.717) is 22.6 Å². The number of fused-ring (bicyclic) bond motifs is 1. The highest BCUT2D eigenvalue weighted by molar-refractivity contribution is 5.89. The van der Waals surface area contributed by atoms with Gasteiger partial charge in [-0.25, -0.2) is 4.79 Å². The molecule has 7 heteroatoms. The first-order valence-corrected chi connectivity index (χ1v) is 5.81. The molecule has 20 heavy (non-hydrogen) atoms. The Labute approximate surface area is 112 Å². The Bertz CT molecular complexity index is 850. The van der Waals surface area contributed by atoms with Gasteiger partial charge in [-0.1, -0.05) is 0 Å². The summed E-state index contributed by atoms with van der Waals surface area (Å²) >= 11 is 0. The fraction of sp³-hybridized carbons (Fsp3) is 0.0769. The van der Waals surface area contributed by atoms with E-state index in [1.165, 1.54) is 19.4 Å². The summed E-state index contributed by atoms with van der Waals surface area (Å²) in [4.78, 5) is 26.2. The number of hydrogen-bond donors (Lipinski definition) is 1. The Morgan fingerprint density at radius 2 is 2.15 bits per heavy atom. The molecule has 0 saturated carbocycles. The number of aromatic nitrogens is 4. The number of aromatic amines is 1. The summed E-state index contributed by atoms with van der Waals surface area (Å²) in [6, 6.07) is 4.63. The van der Waals surface area contributed by atoms with Gasteiger partial charge in [0.15, 0.2) is 16.9 Å². The van der Waals surface area contributed by atoms with E-state index in [-0.39, 0.29) is 5.43 Å². The quantitative estimate of drug-likeness (QED) is 0.698. The molecule has 0 aliphatic rings. The van der Waals surface area contributed by atoms with E-state index in [0.717, 1.165) is 0 Å². The van der Waals surface area contributed by atoms with Gasteiger partial charge in [0.1, 0.15) is 0 Å². The van der Waals surface area contributed by atoms with E-state index in [1.807, 2.05) is 0 Å². The summed E-state index contributed by atoms with van der Waals surface area (Å²) in [6.07, 6.45) is 4.63. The number of H-pyrrole nitrogens is 1. The van der Waals surface area contributed by atoms with Crippen LogP contribution in [0.2, 0.25) is 0 Å². The van der Waals surface area contributed by atoms with Crippen molar-refractivity contribution in [2.75, 3.05) is 7.11 Å². The normalized spacial score (nSPS) is 10.7. The number of rotatable bonds is 2.